The van der Waals surface area contributed by atoms with Crippen LogP contribution in [-0.4, -0.2) is 54.7 Å². The molecule has 0 N–H and O–H groups in total. The standard InChI is InChI=1S/C21H29N3O2/c1-25-16-19-14-24(15-20-3-2-12-26-20)17-21(19)6-10-23(11-7-21)13-18-4-8-22-9-5-18/h2-5,8-9,12,19H,6-7,10-11,13-17H2,1H3. The number of nitrogens with zero attached hydrogens (tertiary/aromatic N) is 3. The van der Waals surface area contributed by atoms with E-state index in [4.69, 9.17) is 9.15 Å². The molecule has 1 atom stereocenters. The summed E-state index contributed by atoms with van der Waals surface area (Å²) in [7, 11) is 1.83. The Labute approximate surface area is 156 Å². The molecule has 26 heavy (non-hydrogen) atoms. The second kappa shape index (κ2) is 7.91. The molecule has 4 rings (SSSR count). The lowest BCUT2D eigenvalue weighted by Crippen LogP contribution is -2.44. The number of hydrogen-bond donors (Lipinski definition) is 0. The van der Waals surface area contributed by atoms with Gasteiger partial charge in [-0.25, -0.2) is 0 Å². The van der Waals surface area contributed by atoms with Crippen LogP contribution in [0.4, 0.5) is 0 Å². The van der Waals surface area contributed by atoms with E-state index < -0.39 is 0 Å². The van der Waals surface area contributed by atoms with Crippen LogP contribution in [0.1, 0.15) is 24.2 Å². The third-order valence-corrected chi connectivity index (χ3v) is 6.22. The average Bonchev–Trinajstić information content (AvgIpc) is 3.28. The maximum Gasteiger partial charge on any atom is 0.117 e. The van der Waals surface area contributed by atoms with Gasteiger partial charge in [0.25, 0.3) is 0 Å². The summed E-state index contributed by atoms with van der Waals surface area (Å²) in [6, 6.07) is 8.30. The Hall–Kier alpha value is -1.69. The van der Waals surface area contributed by atoms with Crippen molar-refractivity contribution in [2.75, 3.05) is 39.9 Å². The summed E-state index contributed by atoms with van der Waals surface area (Å²) in [5.74, 6) is 1.68. The van der Waals surface area contributed by atoms with Crippen molar-refractivity contribution in [3.8, 4) is 0 Å². The lowest BCUT2D eigenvalue weighted by Gasteiger charge is -2.42. The minimum absolute atomic E-state index is 0.386. The molecule has 0 radical (unpaired) electrons. The van der Waals surface area contributed by atoms with Crippen molar-refractivity contribution in [1.29, 1.82) is 0 Å². The molecule has 2 saturated heterocycles. The van der Waals surface area contributed by atoms with Crippen molar-refractivity contribution in [1.82, 2.24) is 14.8 Å². The van der Waals surface area contributed by atoms with Crippen LogP contribution in [0.3, 0.4) is 0 Å². The lowest BCUT2D eigenvalue weighted by molar-refractivity contribution is 0.0349. The van der Waals surface area contributed by atoms with Crippen molar-refractivity contribution in [3.63, 3.8) is 0 Å². The molecule has 1 unspecified atom stereocenters. The fourth-order valence-corrected chi connectivity index (χ4v) is 4.79. The van der Waals surface area contributed by atoms with Gasteiger partial charge in [-0.1, -0.05) is 0 Å². The fourth-order valence-electron chi connectivity index (χ4n) is 4.79. The zero-order valence-electron chi connectivity index (χ0n) is 15.6. The Morgan fingerprint density at radius 3 is 2.65 bits per heavy atom. The molecule has 2 aromatic heterocycles. The van der Waals surface area contributed by atoms with E-state index in [-0.39, 0.29) is 0 Å². The molecule has 0 amide bonds. The summed E-state index contributed by atoms with van der Waals surface area (Å²) in [6.07, 6.45) is 8.05. The number of aromatic nitrogens is 1. The second-order valence-electron chi connectivity index (χ2n) is 7.90. The van der Waals surface area contributed by atoms with E-state index in [2.05, 4.69) is 33.0 Å². The highest BCUT2D eigenvalue weighted by molar-refractivity contribution is 5.10. The van der Waals surface area contributed by atoms with Gasteiger partial charge in [0.2, 0.25) is 0 Å². The molecule has 4 heterocycles. The first kappa shape index (κ1) is 17.7. The van der Waals surface area contributed by atoms with Gasteiger partial charge in [0.15, 0.2) is 0 Å². The van der Waals surface area contributed by atoms with Crippen LogP contribution in [0.2, 0.25) is 0 Å². The molecule has 0 bridgehead atoms. The number of likely N-dealkylation sites (tertiary alicyclic amines) is 2. The number of piperidine rings is 1. The largest absolute Gasteiger partial charge is 0.468 e. The van der Waals surface area contributed by atoms with Gasteiger partial charge in [-0.2, -0.15) is 0 Å². The highest BCUT2D eigenvalue weighted by Crippen LogP contribution is 2.45. The average molecular weight is 355 g/mol. The zero-order valence-corrected chi connectivity index (χ0v) is 15.6. The smallest absolute Gasteiger partial charge is 0.117 e. The van der Waals surface area contributed by atoms with E-state index in [0.29, 0.717) is 11.3 Å². The third kappa shape index (κ3) is 3.85. The summed E-state index contributed by atoms with van der Waals surface area (Å²) in [5.41, 5.74) is 1.74. The number of methoxy groups -OCH3 is 1. The number of hydrogen-bond acceptors (Lipinski definition) is 5. The van der Waals surface area contributed by atoms with Crippen LogP contribution in [-0.2, 0) is 17.8 Å². The molecule has 5 nitrogen and oxygen atoms in total. The SMILES string of the molecule is COCC1CN(Cc2ccco2)CC12CCN(Cc1ccncc1)CC2. The minimum atomic E-state index is 0.386. The van der Waals surface area contributed by atoms with E-state index >= 15 is 0 Å². The molecular weight excluding hydrogens is 326 g/mol. The summed E-state index contributed by atoms with van der Waals surface area (Å²) < 4.78 is 11.2. The molecule has 5 heteroatoms. The van der Waals surface area contributed by atoms with Gasteiger partial charge < -0.3 is 9.15 Å². The first-order chi connectivity index (χ1) is 12.8. The number of ether oxygens (including phenoxy) is 1. The van der Waals surface area contributed by atoms with Crippen LogP contribution >= 0.6 is 0 Å². The highest BCUT2D eigenvalue weighted by atomic mass is 16.5. The second-order valence-corrected chi connectivity index (χ2v) is 7.90. The van der Waals surface area contributed by atoms with Crippen molar-refractivity contribution >= 4 is 0 Å². The fraction of sp³-hybridized carbons (Fsp3) is 0.571. The number of furan rings is 1. The van der Waals surface area contributed by atoms with Crippen molar-refractivity contribution in [2.24, 2.45) is 11.3 Å². The van der Waals surface area contributed by atoms with Crippen LogP contribution in [0, 0.1) is 11.3 Å². The molecule has 0 saturated carbocycles. The van der Waals surface area contributed by atoms with Gasteiger partial charge in [-0.3, -0.25) is 14.8 Å². The van der Waals surface area contributed by atoms with Gasteiger partial charge >= 0.3 is 0 Å². The highest BCUT2D eigenvalue weighted by Gasteiger charge is 2.47. The molecule has 0 aromatic carbocycles. The van der Waals surface area contributed by atoms with Crippen molar-refractivity contribution in [3.05, 3.63) is 54.2 Å². The first-order valence-electron chi connectivity index (χ1n) is 9.62. The molecule has 2 fully saturated rings. The van der Waals surface area contributed by atoms with Gasteiger partial charge in [-0.05, 0) is 61.2 Å². The quantitative estimate of drug-likeness (QED) is 0.797. The topological polar surface area (TPSA) is 41.7 Å². The Morgan fingerprint density at radius 2 is 1.96 bits per heavy atom. The van der Waals surface area contributed by atoms with Crippen molar-refractivity contribution in [2.45, 2.75) is 25.9 Å². The maximum absolute atomic E-state index is 5.59. The Morgan fingerprint density at radius 1 is 1.15 bits per heavy atom. The molecule has 1 spiro atoms. The minimum Gasteiger partial charge on any atom is -0.468 e. The Balaban J connectivity index is 1.38. The van der Waals surface area contributed by atoms with E-state index in [0.717, 1.165) is 51.6 Å². The number of rotatable bonds is 6. The summed E-state index contributed by atoms with van der Waals surface area (Å²) in [6.45, 7) is 7.40. The third-order valence-electron chi connectivity index (χ3n) is 6.22. The predicted molar refractivity (Wildman–Crippen MR) is 101 cm³/mol. The van der Waals surface area contributed by atoms with Crippen molar-refractivity contribution < 1.29 is 9.15 Å². The Kier molecular flexibility index (Phi) is 5.38. The Bertz CT molecular complexity index is 666. The first-order valence-corrected chi connectivity index (χ1v) is 9.62. The monoisotopic (exact) mass is 355 g/mol. The molecular formula is C21H29N3O2. The van der Waals surface area contributed by atoms with Crippen LogP contribution in [0.25, 0.3) is 0 Å². The summed E-state index contributed by atoms with van der Waals surface area (Å²) in [4.78, 5) is 9.26. The normalized spacial score (nSPS) is 23.7. The molecule has 140 valence electrons. The summed E-state index contributed by atoms with van der Waals surface area (Å²) >= 11 is 0. The maximum atomic E-state index is 5.59. The molecule has 2 aliphatic rings. The van der Waals surface area contributed by atoms with E-state index in [1.807, 2.05) is 25.6 Å². The van der Waals surface area contributed by atoms with Gasteiger partial charge in [0.1, 0.15) is 5.76 Å². The van der Waals surface area contributed by atoms with E-state index in [9.17, 15) is 0 Å². The van der Waals surface area contributed by atoms with E-state index in [1.165, 1.54) is 18.4 Å². The van der Waals surface area contributed by atoms with Crippen LogP contribution in [0.15, 0.2) is 47.3 Å². The molecule has 0 aliphatic carbocycles. The zero-order chi connectivity index (χ0) is 17.8. The number of pyridine rings is 1. The van der Waals surface area contributed by atoms with E-state index in [1.54, 1.807) is 6.26 Å². The van der Waals surface area contributed by atoms with Gasteiger partial charge in [0, 0.05) is 45.1 Å². The van der Waals surface area contributed by atoms with Crippen LogP contribution < -0.4 is 0 Å². The molecule has 2 aromatic rings. The van der Waals surface area contributed by atoms with Crippen LogP contribution in [0.5, 0.6) is 0 Å². The van der Waals surface area contributed by atoms with Gasteiger partial charge in [0.05, 0.1) is 19.4 Å². The predicted octanol–water partition coefficient (Wildman–Crippen LogP) is 3.04. The molecule has 2 aliphatic heterocycles. The van der Waals surface area contributed by atoms with Gasteiger partial charge in [-0.15, -0.1) is 0 Å². The summed E-state index contributed by atoms with van der Waals surface area (Å²) in [5, 5.41) is 0. The lowest BCUT2D eigenvalue weighted by atomic mass is 9.71.